The van der Waals surface area contributed by atoms with Crippen LogP contribution in [0.3, 0.4) is 0 Å². The number of hydrogen-bond acceptors (Lipinski definition) is 8. The van der Waals surface area contributed by atoms with Gasteiger partial charge in [0.1, 0.15) is 0 Å². The molecule has 5 aliphatic rings. The third-order valence-corrected chi connectivity index (χ3v) is 9.48. The van der Waals surface area contributed by atoms with Crippen molar-refractivity contribution in [3.8, 4) is 6.07 Å². The van der Waals surface area contributed by atoms with Gasteiger partial charge in [0.2, 0.25) is 5.91 Å². The van der Waals surface area contributed by atoms with Crippen LogP contribution in [0.4, 0.5) is 0 Å². The van der Waals surface area contributed by atoms with Gasteiger partial charge in [-0.15, -0.1) is 0 Å². The molecule has 4 heterocycles. The molecule has 9 heteroatoms. The van der Waals surface area contributed by atoms with E-state index in [4.69, 9.17) is 10.7 Å². The Hall–Kier alpha value is -1.79. The number of nitrogens with zero attached hydrogens (tertiary/aromatic N) is 3. The maximum Gasteiger partial charge on any atom is 0.228 e. The first-order valence-electron chi connectivity index (χ1n) is 14.2. The molecule has 0 radical (unpaired) electrons. The number of nitrogens with one attached hydrogen (secondary N) is 4. The van der Waals surface area contributed by atoms with Crippen molar-refractivity contribution in [2.24, 2.45) is 22.1 Å². The third-order valence-electron chi connectivity index (χ3n) is 9.48. The zero-order chi connectivity index (χ0) is 25.0. The summed E-state index contributed by atoms with van der Waals surface area (Å²) in [6.07, 6.45) is 9.72. The monoisotopic (exact) mass is 496 g/mol. The highest BCUT2D eigenvalue weighted by atomic mass is 16.2. The maximum absolute atomic E-state index is 14.0. The Morgan fingerprint density at radius 1 is 1.19 bits per heavy atom. The zero-order valence-corrected chi connectivity index (χ0v) is 21.6. The molecule has 0 aromatic heterocycles. The van der Waals surface area contributed by atoms with Crippen LogP contribution in [0, 0.1) is 22.7 Å². The van der Waals surface area contributed by atoms with E-state index < -0.39 is 12.1 Å². The van der Waals surface area contributed by atoms with E-state index in [0.717, 1.165) is 76.9 Å². The first kappa shape index (κ1) is 25.8. The van der Waals surface area contributed by atoms with Gasteiger partial charge in [-0.05, 0) is 49.9 Å². The van der Waals surface area contributed by atoms with E-state index in [1.165, 1.54) is 25.7 Å². The number of nitriles is 1. The number of aliphatic imine (C=N–C) groups is 1. The number of piperidine rings is 1. The third kappa shape index (κ3) is 5.55. The molecule has 36 heavy (non-hydrogen) atoms. The molecule has 6 N–H and O–H groups in total. The molecule has 1 amide bonds. The van der Waals surface area contributed by atoms with E-state index in [0.29, 0.717) is 12.5 Å². The Bertz CT molecular complexity index is 879. The normalized spacial score (nSPS) is 37.2. The number of amides is 1. The topological polar surface area (TPSA) is 131 Å². The summed E-state index contributed by atoms with van der Waals surface area (Å²) >= 11 is 0. The number of hydrogen-bond donors (Lipinski definition) is 5. The number of nitrogens with two attached hydrogens (primary N) is 1. The van der Waals surface area contributed by atoms with Gasteiger partial charge in [0.25, 0.3) is 0 Å². The lowest BCUT2D eigenvalue weighted by Gasteiger charge is -2.43. The Morgan fingerprint density at radius 2 is 1.97 bits per heavy atom. The first-order valence-corrected chi connectivity index (χ1v) is 14.2. The van der Waals surface area contributed by atoms with Crippen molar-refractivity contribution in [3.05, 3.63) is 5.57 Å². The summed E-state index contributed by atoms with van der Waals surface area (Å²) in [7, 11) is 0. The number of rotatable bonds is 4. The molecule has 4 fully saturated rings. The van der Waals surface area contributed by atoms with Gasteiger partial charge >= 0.3 is 0 Å². The van der Waals surface area contributed by atoms with E-state index in [1.807, 2.05) is 0 Å². The highest BCUT2D eigenvalue weighted by Gasteiger charge is 2.50. The van der Waals surface area contributed by atoms with Crippen molar-refractivity contribution in [2.45, 2.75) is 94.5 Å². The van der Waals surface area contributed by atoms with E-state index >= 15 is 0 Å². The molecule has 2 bridgehead atoms. The average molecular weight is 497 g/mol. The second kappa shape index (κ2) is 11.7. The maximum atomic E-state index is 14.0. The van der Waals surface area contributed by atoms with Crippen molar-refractivity contribution in [2.75, 3.05) is 39.3 Å². The van der Waals surface area contributed by atoms with Gasteiger partial charge in [-0.1, -0.05) is 25.7 Å². The fourth-order valence-corrected chi connectivity index (χ4v) is 7.56. The van der Waals surface area contributed by atoms with E-state index in [2.05, 4.69) is 38.1 Å². The van der Waals surface area contributed by atoms with Gasteiger partial charge in [0.15, 0.2) is 0 Å². The molecule has 1 spiro atoms. The summed E-state index contributed by atoms with van der Waals surface area (Å²) in [5.41, 5.74) is 7.80. The molecule has 1 saturated carbocycles. The first-order chi connectivity index (χ1) is 17.6. The van der Waals surface area contributed by atoms with Crippen LogP contribution in [-0.4, -0.2) is 86.3 Å². The van der Waals surface area contributed by atoms with Crippen LogP contribution in [0.25, 0.3) is 0 Å². The number of fused-ring (bicyclic) bond motifs is 1. The molecule has 0 aromatic carbocycles. The highest BCUT2D eigenvalue weighted by molar-refractivity contribution is 5.81. The molecule has 5 rings (SSSR count). The van der Waals surface area contributed by atoms with E-state index in [9.17, 15) is 10.1 Å². The summed E-state index contributed by atoms with van der Waals surface area (Å²) in [6, 6.07) is 2.62. The van der Waals surface area contributed by atoms with E-state index in [1.54, 1.807) is 0 Å². The molecule has 9 nitrogen and oxygen atoms in total. The van der Waals surface area contributed by atoms with Crippen LogP contribution in [0.2, 0.25) is 0 Å². The van der Waals surface area contributed by atoms with Crippen molar-refractivity contribution in [1.82, 2.24) is 26.2 Å². The van der Waals surface area contributed by atoms with Gasteiger partial charge in [0, 0.05) is 50.4 Å². The lowest BCUT2D eigenvalue weighted by molar-refractivity contribution is -0.128. The van der Waals surface area contributed by atoms with Crippen molar-refractivity contribution in [1.29, 1.82) is 5.26 Å². The summed E-state index contributed by atoms with van der Waals surface area (Å²) in [5.74, 6) is 2.77. The van der Waals surface area contributed by atoms with Crippen LogP contribution < -0.4 is 27.0 Å². The molecule has 3 saturated heterocycles. The molecule has 4 aliphatic heterocycles. The lowest BCUT2D eigenvalue weighted by Crippen LogP contribution is -2.64. The van der Waals surface area contributed by atoms with Crippen LogP contribution in [0.5, 0.6) is 0 Å². The molecular weight excluding hydrogens is 452 g/mol. The predicted octanol–water partition coefficient (Wildman–Crippen LogP) is 0.624. The largest absolute Gasteiger partial charge is 0.350 e. The average Bonchev–Trinajstić information content (AvgIpc) is 3.16. The van der Waals surface area contributed by atoms with Crippen LogP contribution in [0.1, 0.15) is 64.2 Å². The Labute approximate surface area is 215 Å². The second-order valence-electron chi connectivity index (χ2n) is 11.7. The summed E-state index contributed by atoms with van der Waals surface area (Å²) < 4.78 is 0. The van der Waals surface area contributed by atoms with Crippen LogP contribution >= 0.6 is 0 Å². The van der Waals surface area contributed by atoms with E-state index in [-0.39, 0.29) is 29.4 Å². The fourth-order valence-electron chi connectivity index (χ4n) is 7.56. The highest BCUT2D eigenvalue weighted by Crippen LogP contribution is 2.47. The van der Waals surface area contributed by atoms with Gasteiger partial charge in [-0.2, -0.15) is 5.26 Å². The molecule has 6 atom stereocenters. The zero-order valence-electron chi connectivity index (χ0n) is 21.6. The van der Waals surface area contributed by atoms with Gasteiger partial charge in [-0.3, -0.25) is 15.0 Å². The number of piperazine rings is 1. The van der Waals surface area contributed by atoms with Crippen molar-refractivity contribution >= 4 is 11.8 Å². The van der Waals surface area contributed by atoms with Crippen LogP contribution in [-0.2, 0) is 4.79 Å². The van der Waals surface area contributed by atoms with Crippen LogP contribution in [0.15, 0.2) is 10.6 Å². The number of carbonyl (C=O) groups excluding carboxylic acids is 1. The van der Waals surface area contributed by atoms with Gasteiger partial charge in [0.05, 0.1) is 36.7 Å². The minimum absolute atomic E-state index is 0.00698. The smallest absolute Gasteiger partial charge is 0.228 e. The predicted molar refractivity (Wildman–Crippen MR) is 140 cm³/mol. The summed E-state index contributed by atoms with van der Waals surface area (Å²) in [4.78, 5) is 21.4. The minimum Gasteiger partial charge on any atom is -0.350 e. The van der Waals surface area contributed by atoms with Crippen molar-refractivity contribution in [3.63, 3.8) is 0 Å². The van der Waals surface area contributed by atoms with Crippen molar-refractivity contribution < 1.29 is 4.79 Å². The molecule has 0 aromatic rings. The van der Waals surface area contributed by atoms with Gasteiger partial charge in [-0.25, -0.2) is 4.99 Å². The summed E-state index contributed by atoms with van der Waals surface area (Å²) in [5, 5.41) is 23.5. The molecular formula is C27H44N8O. The molecule has 1 aliphatic carbocycles. The fraction of sp³-hybridized carbons (Fsp3) is 0.852. The standard InChI is InChI=1S/C27H44N8O/c28-9-5-19-15-23-27(7-3-1-2-4-8-27)16-20(32-17-19)24(25(29)34-23)26(36)33-21-18-31-10-6-22(21)35-13-11-30-12-14-35/h20-25,30-31,34H,1-8,10-16,18,29H2,(H,33,36). The Morgan fingerprint density at radius 3 is 2.72 bits per heavy atom. The minimum atomic E-state index is -0.469. The quantitative estimate of drug-likeness (QED) is 0.386. The molecule has 6 unspecified atom stereocenters. The summed E-state index contributed by atoms with van der Waals surface area (Å²) in [6.45, 7) is 5.80. The Kier molecular flexibility index (Phi) is 8.42. The number of carbonyl (C=O) groups is 1. The molecule has 198 valence electrons. The second-order valence-corrected chi connectivity index (χ2v) is 11.7. The van der Waals surface area contributed by atoms with Gasteiger partial charge < -0.3 is 21.7 Å². The Balaban J connectivity index is 1.40. The lowest BCUT2D eigenvalue weighted by atomic mass is 9.67. The SMILES string of the molecule is N#CCC1=C=NC2CC3(CCCCCC3)C(C1)NC(N)C2C(=O)NC1CNCCC1N1CCNCC1.